The minimum atomic E-state index is -0.534. The van der Waals surface area contributed by atoms with Crippen molar-refractivity contribution in [1.29, 1.82) is 0 Å². The zero-order chi connectivity index (χ0) is 19.8. The topological polar surface area (TPSA) is 62.6 Å². The third kappa shape index (κ3) is 7.07. The number of rotatable bonds is 8. The highest BCUT2D eigenvalue weighted by molar-refractivity contribution is 9.10. The molecule has 1 atom stereocenters. The van der Waals surface area contributed by atoms with E-state index in [1.807, 2.05) is 6.92 Å². The maximum absolute atomic E-state index is 13.8. The Morgan fingerprint density at radius 3 is 2.33 bits per heavy atom. The first-order chi connectivity index (χ1) is 12.9. The van der Waals surface area contributed by atoms with E-state index < -0.39 is 5.82 Å². The Morgan fingerprint density at radius 1 is 1.04 bits per heavy atom. The van der Waals surface area contributed by atoms with Crippen LogP contribution in [-0.2, 0) is 16.1 Å². The van der Waals surface area contributed by atoms with E-state index >= 15 is 0 Å². The van der Waals surface area contributed by atoms with Gasteiger partial charge in [-0.25, -0.2) is 8.78 Å². The van der Waals surface area contributed by atoms with Gasteiger partial charge in [-0.15, -0.1) is 0 Å². The molecule has 0 spiro atoms. The second kappa shape index (κ2) is 10.1. The van der Waals surface area contributed by atoms with E-state index in [-0.39, 0.29) is 43.0 Å². The predicted octanol–water partition coefficient (Wildman–Crippen LogP) is 1.89. The lowest BCUT2D eigenvalue weighted by atomic mass is 10.2. The summed E-state index contributed by atoms with van der Waals surface area (Å²) < 4.78 is 27.2. The summed E-state index contributed by atoms with van der Waals surface area (Å²) in [6, 6.07) is 10.2. The molecule has 0 radical (unpaired) electrons. The zero-order valence-corrected chi connectivity index (χ0v) is 16.4. The monoisotopic (exact) mass is 440 g/mol. The quantitative estimate of drug-likeness (QED) is 0.586. The van der Waals surface area contributed by atoms with Gasteiger partial charge in [0, 0.05) is 11.0 Å². The Morgan fingerprint density at radius 2 is 1.70 bits per heavy atom. The van der Waals surface area contributed by atoms with Crippen LogP contribution >= 0.6 is 15.9 Å². The summed E-state index contributed by atoms with van der Waals surface area (Å²) >= 11 is 3.16. The Hall–Kier alpha value is -2.32. The van der Waals surface area contributed by atoms with Crippen LogP contribution in [0.1, 0.15) is 12.5 Å². The van der Waals surface area contributed by atoms with Crippen LogP contribution in [0.5, 0.6) is 0 Å². The molecule has 2 rings (SSSR count). The standard InChI is InChI=1S/C19H20BrF2N3O2/c1-2-25(11-18(26)23-10-13-3-6-15(21)7-4-13)12-19(27)24-17-8-5-14(20)9-16(17)22/h3-9H,2,10-12H2,1H3,(H,23,26)(H,24,27)/p+1. The number of hydrogen-bond acceptors (Lipinski definition) is 2. The number of anilines is 1. The highest BCUT2D eigenvalue weighted by Crippen LogP contribution is 2.18. The molecule has 27 heavy (non-hydrogen) atoms. The van der Waals surface area contributed by atoms with Gasteiger partial charge in [-0.2, -0.15) is 0 Å². The van der Waals surface area contributed by atoms with Gasteiger partial charge in [0.1, 0.15) is 11.6 Å². The van der Waals surface area contributed by atoms with Crippen molar-refractivity contribution in [2.45, 2.75) is 13.5 Å². The molecule has 2 amide bonds. The van der Waals surface area contributed by atoms with E-state index in [4.69, 9.17) is 0 Å². The summed E-state index contributed by atoms with van der Waals surface area (Å²) in [6.45, 7) is 2.84. The molecule has 0 fully saturated rings. The second-order valence-electron chi connectivity index (χ2n) is 6.03. The molecule has 0 aliphatic carbocycles. The van der Waals surface area contributed by atoms with Crippen LogP contribution in [0.25, 0.3) is 0 Å². The molecule has 0 aliphatic heterocycles. The third-order valence-corrected chi connectivity index (χ3v) is 4.42. The van der Waals surface area contributed by atoms with E-state index in [1.165, 1.54) is 24.3 Å². The molecule has 2 aromatic rings. The second-order valence-corrected chi connectivity index (χ2v) is 6.95. The van der Waals surface area contributed by atoms with Crippen LogP contribution in [0, 0.1) is 11.6 Å². The fourth-order valence-corrected chi connectivity index (χ4v) is 2.75. The van der Waals surface area contributed by atoms with Gasteiger partial charge in [0.05, 0.1) is 12.2 Å². The number of benzene rings is 2. The molecule has 0 saturated heterocycles. The highest BCUT2D eigenvalue weighted by Gasteiger charge is 2.17. The van der Waals surface area contributed by atoms with E-state index in [0.717, 1.165) is 10.5 Å². The van der Waals surface area contributed by atoms with Gasteiger partial charge in [0.25, 0.3) is 11.8 Å². The summed E-state index contributed by atoms with van der Waals surface area (Å²) in [5.74, 6) is -1.47. The molecule has 2 aromatic carbocycles. The van der Waals surface area contributed by atoms with Gasteiger partial charge >= 0.3 is 0 Å². The number of hydrogen-bond donors (Lipinski definition) is 3. The minimum Gasteiger partial charge on any atom is -0.347 e. The van der Waals surface area contributed by atoms with Crippen LogP contribution in [0.15, 0.2) is 46.9 Å². The summed E-state index contributed by atoms with van der Waals surface area (Å²) in [4.78, 5) is 25.0. The smallest absolute Gasteiger partial charge is 0.279 e. The van der Waals surface area contributed by atoms with Crippen molar-refractivity contribution in [1.82, 2.24) is 5.32 Å². The van der Waals surface area contributed by atoms with Gasteiger partial charge in [0.15, 0.2) is 13.1 Å². The third-order valence-electron chi connectivity index (χ3n) is 3.93. The average Bonchev–Trinajstić information content (AvgIpc) is 2.63. The molecule has 0 heterocycles. The van der Waals surface area contributed by atoms with E-state index in [9.17, 15) is 18.4 Å². The Labute approximate surface area is 164 Å². The maximum Gasteiger partial charge on any atom is 0.279 e. The first-order valence-electron chi connectivity index (χ1n) is 8.47. The molecule has 0 bridgehead atoms. The van der Waals surface area contributed by atoms with Gasteiger partial charge in [-0.05, 0) is 42.8 Å². The van der Waals surface area contributed by atoms with Crippen molar-refractivity contribution in [2.24, 2.45) is 0 Å². The number of nitrogens with one attached hydrogen (secondary N) is 3. The van der Waals surface area contributed by atoms with Gasteiger partial charge in [-0.1, -0.05) is 28.1 Å². The Kier molecular flexibility index (Phi) is 7.87. The minimum absolute atomic E-state index is 0.0377. The number of amides is 2. The van der Waals surface area contributed by atoms with Crippen molar-refractivity contribution in [3.63, 3.8) is 0 Å². The SMILES string of the molecule is CC[NH+](CC(=O)NCc1ccc(F)cc1)CC(=O)Nc1ccc(Br)cc1F. The molecular weight excluding hydrogens is 420 g/mol. The number of carbonyl (C=O) groups is 2. The largest absolute Gasteiger partial charge is 0.347 e. The number of likely N-dealkylation sites (N-methyl/N-ethyl adjacent to an activating group) is 1. The highest BCUT2D eigenvalue weighted by atomic mass is 79.9. The lowest BCUT2D eigenvalue weighted by Gasteiger charge is -2.17. The average molecular weight is 441 g/mol. The van der Waals surface area contributed by atoms with Crippen LogP contribution in [-0.4, -0.2) is 31.4 Å². The number of carbonyl (C=O) groups excluding carboxylic acids is 2. The molecule has 0 aromatic heterocycles. The molecule has 3 N–H and O–H groups in total. The number of quaternary nitrogens is 1. The molecular formula is C19H21BrF2N3O2+. The van der Waals surface area contributed by atoms with Gasteiger partial charge < -0.3 is 15.5 Å². The Balaban J connectivity index is 1.82. The lowest BCUT2D eigenvalue weighted by molar-refractivity contribution is -0.881. The fraction of sp³-hybridized carbons (Fsp3) is 0.263. The summed E-state index contributed by atoms with van der Waals surface area (Å²) in [7, 11) is 0. The molecule has 0 saturated carbocycles. The normalized spacial score (nSPS) is 11.7. The molecule has 8 heteroatoms. The maximum atomic E-state index is 13.8. The van der Waals surface area contributed by atoms with Crippen molar-refractivity contribution < 1.29 is 23.3 Å². The Bertz CT molecular complexity index is 800. The molecule has 5 nitrogen and oxygen atoms in total. The predicted molar refractivity (Wildman–Crippen MR) is 102 cm³/mol. The number of halogens is 3. The van der Waals surface area contributed by atoms with Crippen molar-refractivity contribution >= 4 is 33.4 Å². The van der Waals surface area contributed by atoms with E-state index in [0.29, 0.717) is 11.0 Å². The molecule has 0 aliphatic rings. The first kappa shape index (κ1) is 21.0. The summed E-state index contributed by atoms with van der Waals surface area (Å²) in [5, 5.41) is 5.26. The van der Waals surface area contributed by atoms with Crippen LogP contribution in [0.4, 0.5) is 14.5 Å². The first-order valence-corrected chi connectivity index (χ1v) is 9.26. The van der Waals surface area contributed by atoms with Gasteiger partial charge in [-0.3, -0.25) is 9.59 Å². The summed E-state index contributed by atoms with van der Waals surface area (Å²) in [5.41, 5.74) is 0.880. The molecule has 144 valence electrons. The van der Waals surface area contributed by atoms with Crippen molar-refractivity contribution in [2.75, 3.05) is 25.0 Å². The zero-order valence-electron chi connectivity index (χ0n) is 14.8. The van der Waals surface area contributed by atoms with E-state index in [2.05, 4.69) is 26.6 Å². The van der Waals surface area contributed by atoms with Crippen molar-refractivity contribution in [3.05, 3.63) is 64.1 Å². The van der Waals surface area contributed by atoms with Crippen LogP contribution in [0.3, 0.4) is 0 Å². The summed E-state index contributed by atoms with van der Waals surface area (Å²) in [6.07, 6.45) is 0. The lowest BCUT2D eigenvalue weighted by Crippen LogP contribution is -3.14. The van der Waals surface area contributed by atoms with Crippen LogP contribution < -0.4 is 15.5 Å². The van der Waals surface area contributed by atoms with E-state index in [1.54, 1.807) is 18.2 Å². The van der Waals surface area contributed by atoms with Crippen LogP contribution in [0.2, 0.25) is 0 Å². The fourth-order valence-electron chi connectivity index (χ4n) is 2.42. The molecule has 1 unspecified atom stereocenters. The van der Waals surface area contributed by atoms with Crippen molar-refractivity contribution in [3.8, 4) is 0 Å². The van der Waals surface area contributed by atoms with Gasteiger partial charge in [0.2, 0.25) is 0 Å².